The third kappa shape index (κ3) is 2.54. The number of aryl methyl sites for hydroxylation is 2. The fraction of sp³-hybridized carbons (Fsp3) is 0.500. The lowest BCUT2D eigenvalue weighted by molar-refractivity contribution is -0.143. The highest BCUT2D eigenvalue weighted by molar-refractivity contribution is 7.14. The Morgan fingerprint density at radius 2 is 2.33 bits per heavy atom. The third-order valence-corrected chi connectivity index (χ3v) is 4.18. The van der Waals surface area contributed by atoms with Gasteiger partial charge in [-0.3, -0.25) is 4.79 Å². The zero-order valence-electron chi connectivity index (χ0n) is 10.1. The van der Waals surface area contributed by atoms with E-state index in [2.05, 4.69) is 10.1 Å². The summed E-state index contributed by atoms with van der Waals surface area (Å²) in [6.45, 7) is -0.469. The molecule has 1 atom stereocenters. The molecule has 1 aromatic rings. The molecule has 0 fully saturated rings. The lowest BCUT2D eigenvalue weighted by Gasteiger charge is -2.12. The number of fused-ring (bicyclic) bond motifs is 1. The molecule has 1 aliphatic rings. The number of hydrogen-bond acceptors (Lipinski definition) is 5. The molecule has 18 heavy (non-hydrogen) atoms. The molecule has 1 unspecified atom stereocenters. The van der Waals surface area contributed by atoms with Gasteiger partial charge in [0.05, 0.1) is 18.6 Å². The summed E-state index contributed by atoms with van der Waals surface area (Å²) in [5, 5.41) is 11.5. The minimum Gasteiger partial charge on any atom is -0.467 e. The second kappa shape index (κ2) is 5.49. The van der Waals surface area contributed by atoms with Crippen LogP contribution in [-0.2, 0) is 22.4 Å². The highest BCUT2D eigenvalue weighted by Crippen LogP contribution is 2.30. The first kappa shape index (κ1) is 13.0. The van der Waals surface area contributed by atoms with E-state index in [4.69, 9.17) is 5.11 Å². The van der Waals surface area contributed by atoms with Crippen LogP contribution in [0.25, 0.3) is 0 Å². The van der Waals surface area contributed by atoms with Gasteiger partial charge in [-0.25, -0.2) is 4.79 Å². The normalized spacial score (nSPS) is 15.0. The Balaban J connectivity index is 2.04. The van der Waals surface area contributed by atoms with Crippen molar-refractivity contribution in [1.82, 2.24) is 5.32 Å². The van der Waals surface area contributed by atoms with E-state index in [1.807, 2.05) is 6.07 Å². The predicted octanol–water partition coefficient (Wildman–Crippen LogP) is 0.500. The topological polar surface area (TPSA) is 75.6 Å². The number of esters is 1. The maximum Gasteiger partial charge on any atom is 0.330 e. The number of methoxy groups -OCH3 is 1. The zero-order chi connectivity index (χ0) is 13.1. The van der Waals surface area contributed by atoms with Crippen LogP contribution in [0.2, 0.25) is 0 Å². The number of carbonyl (C=O) groups excluding carboxylic acids is 2. The first-order valence-electron chi connectivity index (χ1n) is 5.77. The number of hydrogen-bond donors (Lipinski definition) is 2. The molecule has 0 aliphatic heterocycles. The van der Waals surface area contributed by atoms with Crippen LogP contribution in [0.4, 0.5) is 0 Å². The van der Waals surface area contributed by atoms with Crippen molar-refractivity contribution in [2.75, 3.05) is 13.7 Å². The summed E-state index contributed by atoms with van der Waals surface area (Å²) in [6.07, 6.45) is 3.18. The molecule has 1 heterocycles. The quantitative estimate of drug-likeness (QED) is 0.781. The second-order valence-electron chi connectivity index (χ2n) is 4.14. The Labute approximate surface area is 109 Å². The number of aliphatic hydroxyl groups is 1. The first-order valence-corrected chi connectivity index (χ1v) is 6.58. The van der Waals surface area contributed by atoms with Gasteiger partial charge in [0.1, 0.15) is 0 Å². The summed E-state index contributed by atoms with van der Waals surface area (Å²) < 4.78 is 4.49. The van der Waals surface area contributed by atoms with E-state index in [-0.39, 0.29) is 5.91 Å². The zero-order valence-corrected chi connectivity index (χ0v) is 10.9. The molecule has 1 aliphatic carbocycles. The second-order valence-corrected chi connectivity index (χ2v) is 5.28. The van der Waals surface area contributed by atoms with E-state index in [9.17, 15) is 9.59 Å². The van der Waals surface area contributed by atoms with Gasteiger partial charge in [0.15, 0.2) is 6.04 Å². The highest BCUT2D eigenvalue weighted by atomic mass is 32.1. The van der Waals surface area contributed by atoms with E-state index >= 15 is 0 Å². The largest absolute Gasteiger partial charge is 0.467 e. The van der Waals surface area contributed by atoms with Crippen molar-refractivity contribution >= 4 is 23.2 Å². The Morgan fingerprint density at radius 3 is 2.94 bits per heavy atom. The van der Waals surface area contributed by atoms with E-state index in [1.165, 1.54) is 28.9 Å². The molecule has 98 valence electrons. The SMILES string of the molecule is COC(=O)C(CO)NC(=O)c1cc2c(s1)CCC2. The van der Waals surface area contributed by atoms with Crippen LogP contribution < -0.4 is 5.32 Å². The first-order chi connectivity index (χ1) is 8.65. The lowest BCUT2D eigenvalue weighted by Crippen LogP contribution is -2.43. The van der Waals surface area contributed by atoms with Gasteiger partial charge in [-0.05, 0) is 30.9 Å². The van der Waals surface area contributed by atoms with Gasteiger partial charge in [-0.2, -0.15) is 0 Å². The molecule has 0 aromatic carbocycles. The minimum atomic E-state index is -1.00. The summed E-state index contributed by atoms with van der Waals surface area (Å²) in [5.74, 6) is -0.978. The monoisotopic (exact) mass is 269 g/mol. The number of carbonyl (C=O) groups is 2. The van der Waals surface area contributed by atoms with E-state index < -0.39 is 18.6 Å². The van der Waals surface area contributed by atoms with Gasteiger partial charge < -0.3 is 15.2 Å². The number of aliphatic hydroxyl groups excluding tert-OH is 1. The number of rotatable bonds is 4. The van der Waals surface area contributed by atoms with Crippen LogP contribution in [0.5, 0.6) is 0 Å². The number of thiophene rings is 1. The average molecular weight is 269 g/mol. The van der Waals surface area contributed by atoms with E-state index in [0.717, 1.165) is 19.3 Å². The molecule has 1 amide bonds. The van der Waals surface area contributed by atoms with Crippen molar-refractivity contribution in [3.8, 4) is 0 Å². The number of amides is 1. The van der Waals surface area contributed by atoms with Crippen molar-refractivity contribution < 1.29 is 19.4 Å². The summed E-state index contributed by atoms with van der Waals surface area (Å²) in [5.41, 5.74) is 1.23. The van der Waals surface area contributed by atoms with Crippen LogP contribution in [0.3, 0.4) is 0 Å². The molecule has 2 rings (SSSR count). The van der Waals surface area contributed by atoms with Crippen LogP contribution in [0.1, 0.15) is 26.5 Å². The maximum absolute atomic E-state index is 11.9. The Morgan fingerprint density at radius 1 is 1.56 bits per heavy atom. The Bertz CT molecular complexity index is 447. The van der Waals surface area contributed by atoms with E-state index in [1.54, 1.807) is 0 Å². The van der Waals surface area contributed by atoms with Crippen molar-refractivity contribution in [2.24, 2.45) is 0 Å². The third-order valence-electron chi connectivity index (χ3n) is 2.94. The van der Waals surface area contributed by atoms with Crippen LogP contribution in [-0.4, -0.2) is 36.7 Å². The molecule has 0 saturated carbocycles. The fourth-order valence-corrected chi connectivity index (χ4v) is 3.15. The summed E-state index contributed by atoms with van der Waals surface area (Å²) >= 11 is 1.46. The van der Waals surface area contributed by atoms with Gasteiger partial charge in [-0.15, -0.1) is 11.3 Å². The maximum atomic E-state index is 11.9. The molecule has 6 heteroatoms. The van der Waals surface area contributed by atoms with Gasteiger partial charge in [0, 0.05) is 4.88 Å². The molecule has 1 aromatic heterocycles. The summed E-state index contributed by atoms with van der Waals surface area (Å²) in [7, 11) is 1.22. The Hall–Kier alpha value is -1.40. The molecular weight excluding hydrogens is 254 g/mol. The molecule has 2 N–H and O–H groups in total. The van der Waals surface area contributed by atoms with E-state index in [0.29, 0.717) is 4.88 Å². The summed E-state index contributed by atoms with van der Waals surface area (Å²) in [6, 6.07) is 0.869. The van der Waals surface area contributed by atoms with Crippen LogP contribution in [0, 0.1) is 0 Å². The van der Waals surface area contributed by atoms with Crippen LogP contribution >= 0.6 is 11.3 Å². The van der Waals surface area contributed by atoms with Crippen molar-refractivity contribution in [3.05, 3.63) is 21.4 Å². The van der Waals surface area contributed by atoms with Gasteiger partial charge in [0.2, 0.25) is 0 Å². The van der Waals surface area contributed by atoms with Gasteiger partial charge >= 0.3 is 5.97 Å². The van der Waals surface area contributed by atoms with Crippen molar-refractivity contribution in [2.45, 2.75) is 25.3 Å². The minimum absolute atomic E-state index is 0.334. The van der Waals surface area contributed by atoms with Crippen molar-refractivity contribution in [1.29, 1.82) is 0 Å². The average Bonchev–Trinajstić information content (AvgIpc) is 2.95. The molecule has 0 bridgehead atoms. The highest BCUT2D eigenvalue weighted by Gasteiger charge is 2.24. The predicted molar refractivity (Wildman–Crippen MR) is 66.7 cm³/mol. The molecular formula is C12H15NO4S. The molecule has 5 nitrogen and oxygen atoms in total. The molecule has 0 spiro atoms. The summed E-state index contributed by atoms with van der Waals surface area (Å²) in [4.78, 5) is 25.0. The standard InChI is InChI=1S/C12H15NO4S/c1-17-12(16)8(6-14)13-11(15)10-5-7-3-2-4-9(7)18-10/h5,8,14H,2-4,6H2,1H3,(H,13,15). The number of ether oxygens (including phenoxy) is 1. The Kier molecular flexibility index (Phi) is 3.98. The van der Waals surface area contributed by atoms with Gasteiger partial charge in [-0.1, -0.05) is 0 Å². The van der Waals surface area contributed by atoms with Gasteiger partial charge in [0.25, 0.3) is 5.91 Å². The molecule has 0 saturated heterocycles. The smallest absolute Gasteiger partial charge is 0.330 e. The van der Waals surface area contributed by atoms with Crippen LogP contribution in [0.15, 0.2) is 6.07 Å². The lowest BCUT2D eigenvalue weighted by atomic mass is 10.2. The number of nitrogens with one attached hydrogen (secondary N) is 1. The molecule has 0 radical (unpaired) electrons. The van der Waals surface area contributed by atoms with Crippen molar-refractivity contribution in [3.63, 3.8) is 0 Å². The fourth-order valence-electron chi connectivity index (χ4n) is 1.99.